The minimum Gasteiger partial charge on any atom is -0.344 e. The Bertz CT molecular complexity index is 177. The van der Waals surface area contributed by atoms with Crippen LogP contribution in [0.25, 0.3) is 0 Å². The summed E-state index contributed by atoms with van der Waals surface area (Å²) in [5.74, 6) is 0.683. The average Bonchev–Trinajstić information content (AvgIpc) is 2.93. The van der Waals surface area contributed by atoms with E-state index < -0.39 is 7.26 Å². The maximum atomic E-state index is 6.16. The van der Waals surface area contributed by atoms with Crippen LogP contribution < -0.4 is 0 Å². The quantitative estimate of drug-likeness (QED) is 0.475. The predicted molar refractivity (Wildman–Crippen MR) is 85.2 cm³/mol. The Labute approximate surface area is 115 Å². The van der Waals surface area contributed by atoms with Crippen molar-refractivity contribution < 1.29 is 4.74 Å². The van der Waals surface area contributed by atoms with Crippen molar-refractivity contribution in [3.05, 3.63) is 0 Å². The van der Waals surface area contributed by atoms with E-state index in [1.54, 1.807) is 0 Å². The summed E-state index contributed by atoms with van der Waals surface area (Å²) >= 11 is 0. The Morgan fingerprint density at radius 1 is 0.889 bits per heavy atom. The molecule has 1 aliphatic rings. The molecule has 0 saturated carbocycles. The maximum absolute atomic E-state index is 6.16. The van der Waals surface area contributed by atoms with Gasteiger partial charge in [0.2, 0.25) is 0 Å². The van der Waals surface area contributed by atoms with E-state index in [9.17, 15) is 0 Å². The second-order valence-corrected chi connectivity index (χ2v) is 10.3. The first-order valence-corrected chi connectivity index (χ1v) is 10.7. The Hall–Kier alpha value is 0.390. The topological polar surface area (TPSA) is 9.23 Å². The van der Waals surface area contributed by atoms with Gasteiger partial charge in [0.15, 0.2) is 5.85 Å². The fourth-order valence-corrected chi connectivity index (χ4v) is 8.70. The summed E-state index contributed by atoms with van der Waals surface area (Å²) in [7, 11) is -0.816. The average molecular weight is 273 g/mol. The molecule has 0 aliphatic carbocycles. The van der Waals surface area contributed by atoms with E-state index in [0.29, 0.717) is 5.85 Å². The second-order valence-electron chi connectivity index (χ2n) is 5.92. The molecular formula is C16H34OP+. The van der Waals surface area contributed by atoms with Crippen LogP contribution in [0.1, 0.15) is 72.1 Å². The summed E-state index contributed by atoms with van der Waals surface area (Å²) in [6.07, 6.45) is 15.6. The summed E-state index contributed by atoms with van der Waals surface area (Å²) in [4.78, 5) is 0. The van der Waals surface area contributed by atoms with Crippen molar-refractivity contribution in [1.82, 2.24) is 0 Å². The summed E-state index contributed by atoms with van der Waals surface area (Å²) in [6.45, 7) is 8.05. The molecular weight excluding hydrogens is 239 g/mol. The molecule has 0 aromatic carbocycles. The van der Waals surface area contributed by atoms with Gasteiger partial charge in [0, 0.05) is 13.7 Å². The SMILES string of the molecule is CCCC[P+](CCCC)(CCCC)C1CCCO1. The molecule has 108 valence electrons. The van der Waals surface area contributed by atoms with Gasteiger partial charge in [-0.3, -0.25) is 0 Å². The normalized spacial score (nSPS) is 20.5. The smallest absolute Gasteiger partial charge is 0.166 e. The van der Waals surface area contributed by atoms with E-state index in [0.717, 1.165) is 6.61 Å². The molecule has 18 heavy (non-hydrogen) atoms. The molecule has 1 unspecified atom stereocenters. The third-order valence-corrected chi connectivity index (χ3v) is 9.64. The van der Waals surface area contributed by atoms with Crippen molar-refractivity contribution in [3.8, 4) is 0 Å². The highest BCUT2D eigenvalue weighted by molar-refractivity contribution is 7.76. The van der Waals surface area contributed by atoms with E-state index in [1.807, 2.05) is 0 Å². The Morgan fingerprint density at radius 3 is 1.72 bits per heavy atom. The minimum absolute atomic E-state index is 0.683. The molecule has 0 aromatic rings. The first kappa shape index (κ1) is 16.4. The highest BCUT2D eigenvalue weighted by atomic mass is 31.2. The van der Waals surface area contributed by atoms with Crippen LogP contribution in [0.5, 0.6) is 0 Å². The standard InChI is InChI=1S/C16H34OP/c1-4-7-13-18(14-8-5-2,15-9-6-3)16-11-10-12-17-16/h16H,4-15H2,1-3H3/q+1. The zero-order chi connectivity index (χ0) is 13.3. The number of unbranched alkanes of at least 4 members (excludes halogenated alkanes) is 3. The van der Waals surface area contributed by atoms with Crippen LogP contribution >= 0.6 is 7.26 Å². The van der Waals surface area contributed by atoms with E-state index in [2.05, 4.69) is 20.8 Å². The molecule has 1 aliphatic heterocycles. The lowest BCUT2D eigenvalue weighted by molar-refractivity contribution is 0.166. The van der Waals surface area contributed by atoms with Gasteiger partial charge in [-0.15, -0.1) is 0 Å². The lowest BCUT2D eigenvalue weighted by Crippen LogP contribution is -2.21. The van der Waals surface area contributed by atoms with Gasteiger partial charge in [0.1, 0.15) is 0 Å². The van der Waals surface area contributed by atoms with Gasteiger partial charge in [-0.05, 0) is 25.7 Å². The van der Waals surface area contributed by atoms with Gasteiger partial charge in [-0.25, -0.2) is 0 Å². The molecule has 1 nitrogen and oxygen atoms in total. The summed E-state index contributed by atoms with van der Waals surface area (Å²) in [5, 5.41) is 0. The lowest BCUT2D eigenvalue weighted by Gasteiger charge is -2.32. The van der Waals surface area contributed by atoms with E-state index in [4.69, 9.17) is 4.74 Å². The molecule has 1 heterocycles. The molecule has 0 radical (unpaired) electrons. The largest absolute Gasteiger partial charge is 0.344 e. The van der Waals surface area contributed by atoms with Gasteiger partial charge < -0.3 is 4.74 Å². The molecule has 1 rings (SSSR count). The van der Waals surface area contributed by atoms with Gasteiger partial charge in [-0.2, -0.15) is 0 Å². The molecule has 1 fully saturated rings. The number of hydrogen-bond acceptors (Lipinski definition) is 1. The summed E-state index contributed by atoms with van der Waals surface area (Å²) in [6, 6.07) is 0. The molecule has 0 amide bonds. The maximum Gasteiger partial charge on any atom is 0.166 e. The number of ether oxygens (including phenoxy) is 1. The summed E-state index contributed by atoms with van der Waals surface area (Å²) < 4.78 is 6.16. The van der Waals surface area contributed by atoms with Crippen LogP contribution in [0.2, 0.25) is 0 Å². The third kappa shape index (κ3) is 4.82. The zero-order valence-electron chi connectivity index (χ0n) is 12.9. The number of rotatable bonds is 10. The van der Waals surface area contributed by atoms with E-state index >= 15 is 0 Å². The van der Waals surface area contributed by atoms with Gasteiger partial charge in [0.05, 0.1) is 25.1 Å². The molecule has 2 heteroatoms. The van der Waals surface area contributed by atoms with Crippen LogP contribution in [0.4, 0.5) is 0 Å². The van der Waals surface area contributed by atoms with Gasteiger partial charge in [-0.1, -0.05) is 40.0 Å². The zero-order valence-corrected chi connectivity index (χ0v) is 13.8. The van der Waals surface area contributed by atoms with Crippen LogP contribution in [0.3, 0.4) is 0 Å². The highest BCUT2D eigenvalue weighted by Crippen LogP contribution is 2.67. The molecule has 0 N–H and O–H groups in total. The Morgan fingerprint density at radius 2 is 1.39 bits per heavy atom. The fourth-order valence-electron chi connectivity index (χ4n) is 3.18. The fraction of sp³-hybridized carbons (Fsp3) is 1.00. The van der Waals surface area contributed by atoms with Crippen LogP contribution in [-0.4, -0.2) is 30.9 Å². The van der Waals surface area contributed by atoms with E-state index in [-0.39, 0.29) is 0 Å². The molecule has 0 bridgehead atoms. The van der Waals surface area contributed by atoms with Crippen LogP contribution in [-0.2, 0) is 4.74 Å². The Kier molecular flexibility index (Phi) is 8.51. The van der Waals surface area contributed by atoms with Crippen molar-refractivity contribution in [3.63, 3.8) is 0 Å². The summed E-state index contributed by atoms with van der Waals surface area (Å²) in [5.41, 5.74) is 0. The highest BCUT2D eigenvalue weighted by Gasteiger charge is 2.46. The molecule has 1 saturated heterocycles. The van der Waals surface area contributed by atoms with Crippen molar-refractivity contribution in [2.75, 3.05) is 25.1 Å². The van der Waals surface area contributed by atoms with Crippen molar-refractivity contribution in [1.29, 1.82) is 0 Å². The van der Waals surface area contributed by atoms with Gasteiger partial charge >= 0.3 is 0 Å². The molecule has 1 atom stereocenters. The lowest BCUT2D eigenvalue weighted by atomic mass is 10.4. The van der Waals surface area contributed by atoms with Crippen LogP contribution in [0.15, 0.2) is 0 Å². The monoisotopic (exact) mass is 273 g/mol. The van der Waals surface area contributed by atoms with Crippen molar-refractivity contribution in [2.45, 2.75) is 78.0 Å². The minimum atomic E-state index is -0.816. The number of hydrogen-bond donors (Lipinski definition) is 0. The predicted octanol–water partition coefficient (Wildman–Crippen LogP) is 5.54. The molecule has 0 aromatic heterocycles. The first-order chi connectivity index (χ1) is 8.79. The Balaban J connectivity index is 2.68. The van der Waals surface area contributed by atoms with Gasteiger partial charge in [0.25, 0.3) is 0 Å². The van der Waals surface area contributed by atoms with E-state index in [1.165, 1.54) is 69.9 Å². The third-order valence-electron chi connectivity index (χ3n) is 4.39. The second kappa shape index (κ2) is 9.32. The van der Waals surface area contributed by atoms with Crippen LogP contribution in [0, 0.1) is 0 Å². The van der Waals surface area contributed by atoms with Crippen molar-refractivity contribution in [2.24, 2.45) is 0 Å². The first-order valence-electron chi connectivity index (χ1n) is 8.26. The molecule has 0 spiro atoms. The van der Waals surface area contributed by atoms with Crippen molar-refractivity contribution >= 4 is 7.26 Å².